The molecule has 6 heteroatoms. The summed E-state index contributed by atoms with van der Waals surface area (Å²) in [5.74, 6) is 1.37. The molecule has 0 bridgehead atoms. The SMILES string of the molecule is CC1CCN(C(=O)COc2ncnc3sc4c(c23)CCCCC4)CC1. The highest BCUT2D eigenvalue weighted by Gasteiger charge is 2.23. The molecule has 2 aliphatic rings. The molecule has 5 nitrogen and oxygen atoms in total. The van der Waals surface area contributed by atoms with E-state index in [1.54, 1.807) is 17.7 Å². The summed E-state index contributed by atoms with van der Waals surface area (Å²) < 4.78 is 5.89. The zero-order valence-corrected chi connectivity index (χ0v) is 15.6. The van der Waals surface area contributed by atoms with Gasteiger partial charge in [-0.05, 0) is 50.0 Å². The molecule has 0 unspecified atom stereocenters. The van der Waals surface area contributed by atoms with Crippen molar-refractivity contribution in [3.05, 3.63) is 16.8 Å². The van der Waals surface area contributed by atoms with Crippen LogP contribution in [-0.2, 0) is 17.6 Å². The largest absolute Gasteiger partial charge is 0.467 e. The molecule has 1 saturated heterocycles. The van der Waals surface area contributed by atoms with Crippen molar-refractivity contribution >= 4 is 27.5 Å². The van der Waals surface area contributed by atoms with E-state index in [4.69, 9.17) is 4.74 Å². The number of rotatable bonds is 3. The maximum Gasteiger partial charge on any atom is 0.260 e. The Morgan fingerprint density at radius 1 is 1.24 bits per heavy atom. The van der Waals surface area contributed by atoms with Gasteiger partial charge in [0.2, 0.25) is 5.88 Å². The van der Waals surface area contributed by atoms with Gasteiger partial charge in [-0.15, -0.1) is 11.3 Å². The number of fused-ring (bicyclic) bond motifs is 3. The van der Waals surface area contributed by atoms with Crippen molar-refractivity contribution in [2.24, 2.45) is 5.92 Å². The first kappa shape index (κ1) is 16.8. The van der Waals surface area contributed by atoms with E-state index in [0.29, 0.717) is 11.8 Å². The number of thiophene rings is 1. The molecule has 4 rings (SSSR count). The quantitative estimate of drug-likeness (QED) is 0.786. The molecule has 2 aromatic rings. The molecule has 25 heavy (non-hydrogen) atoms. The summed E-state index contributed by atoms with van der Waals surface area (Å²) in [5.41, 5.74) is 1.35. The van der Waals surface area contributed by atoms with Crippen LogP contribution in [-0.4, -0.2) is 40.5 Å². The Morgan fingerprint density at radius 2 is 2.04 bits per heavy atom. The van der Waals surface area contributed by atoms with E-state index in [0.717, 1.165) is 49.0 Å². The first-order chi connectivity index (χ1) is 12.2. The van der Waals surface area contributed by atoms with E-state index in [-0.39, 0.29) is 12.5 Å². The molecular formula is C19H25N3O2S. The Balaban J connectivity index is 1.51. The van der Waals surface area contributed by atoms with Crippen LogP contribution in [0.2, 0.25) is 0 Å². The Bertz CT molecular complexity index is 765. The van der Waals surface area contributed by atoms with Crippen LogP contribution < -0.4 is 4.74 Å². The summed E-state index contributed by atoms with van der Waals surface area (Å²) in [4.78, 5) is 25.6. The molecule has 3 heterocycles. The van der Waals surface area contributed by atoms with E-state index >= 15 is 0 Å². The maximum atomic E-state index is 12.5. The van der Waals surface area contributed by atoms with Crippen LogP contribution in [0, 0.1) is 5.92 Å². The number of hydrogen-bond acceptors (Lipinski definition) is 5. The Kier molecular flexibility index (Phi) is 4.88. The molecule has 1 fully saturated rings. The average Bonchev–Trinajstić information content (AvgIpc) is 2.82. The van der Waals surface area contributed by atoms with E-state index < -0.39 is 0 Å². The highest BCUT2D eigenvalue weighted by Crippen LogP contribution is 2.38. The number of hydrogen-bond donors (Lipinski definition) is 0. The number of likely N-dealkylation sites (tertiary alicyclic amines) is 1. The fourth-order valence-corrected chi connectivity index (χ4v) is 5.05. The highest BCUT2D eigenvalue weighted by atomic mass is 32.1. The van der Waals surface area contributed by atoms with Crippen LogP contribution >= 0.6 is 11.3 Å². The number of carbonyl (C=O) groups is 1. The van der Waals surface area contributed by atoms with Crippen molar-refractivity contribution < 1.29 is 9.53 Å². The van der Waals surface area contributed by atoms with Gasteiger partial charge in [-0.2, -0.15) is 0 Å². The zero-order chi connectivity index (χ0) is 17.2. The van der Waals surface area contributed by atoms with E-state index in [1.807, 2.05) is 4.90 Å². The lowest BCUT2D eigenvalue weighted by Crippen LogP contribution is -2.40. The average molecular weight is 359 g/mol. The second kappa shape index (κ2) is 7.28. The molecule has 134 valence electrons. The minimum atomic E-state index is 0.0694. The van der Waals surface area contributed by atoms with Crippen molar-refractivity contribution in [1.29, 1.82) is 0 Å². The third-order valence-corrected chi connectivity index (χ3v) is 6.64. The van der Waals surface area contributed by atoms with Gasteiger partial charge in [0, 0.05) is 18.0 Å². The summed E-state index contributed by atoms with van der Waals surface area (Å²) in [6.45, 7) is 4.01. The van der Waals surface area contributed by atoms with Gasteiger partial charge < -0.3 is 9.64 Å². The lowest BCUT2D eigenvalue weighted by molar-refractivity contribution is -0.134. The minimum absolute atomic E-state index is 0.0694. The number of aryl methyl sites for hydroxylation is 2. The second-order valence-electron chi connectivity index (χ2n) is 7.28. The highest BCUT2D eigenvalue weighted by molar-refractivity contribution is 7.18. The summed E-state index contributed by atoms with van der Waals surface area (Å²) >= 11 is 1.76. The van der Waals surface area contributed by atoms with Gasteiger partial charge in [0.25, 0.3) is 5.91 Å². The zero-order valence-electron chi connectivity index (χ0n) is 14.8. The van der Waals surface area contributed by atoms with E-state index in [1.165, 1.54) is 29.7 Å². The number of carbonyl (C=O) groups excluding carboxylic acids is 1. The van der Waals surface area contributed by atoms with Crippen molar-refractivity contribution in [1.82, 2.24) is 14.9 Å². The second-order valence-corrected chi connectivity index (χ2v) is 8.36. The normalized spacial score (nSPS) is 18.8. The molecule has 0 radical (unpaired) electrons. The molecule has 1 amide bonds. The van der Waals surface area contributed by atoms with E-state index in [9.17, 15) is 4.79 Å². The number of piperidine rings is 1. The molecule has 0 N–H and O–H groups in total. The van der Waals surface area contributed by atoms with Gasteiger partial charge in [0.15, 0.2) is 6.61 Å². The molecule has 1 aliphatic carbocycles. The summed E-state index contributed by atoms with van der Waals surface area (Å²) in [6.07, 6.45) is 9.65. The number of aromatic nitrogens is 2. The Morgan fingerprint density at radius 3 is 2.88 bits per heavy atom. The molecule has 1 aliphatic heterocycles. The van der Waals surface area contributed by atoms with Gasteiger partial charge >= 0.3 is 0 Å². The molecule has 0 spiro atoms. The third-order valence-electron chi connectivity index (χ3n) is 5.44. The molecular weight excluding hydrogens is 334 g/mol. The lowest BCUT2D eigenvalue weighted by Gasteiger charge is -2.30. The summed E-state index contributed by atoms with van der Waals surface area (Å²) in [5, 5.41) is 1.05. The minimum Gasteiger partial charge on any atom is -0.467 e. The van der Waals surface area contributed by atoms with E-state index in [2.05, 4.69) is 16.9 Å². The number of nitrogens with zero attached hydrogens (tertiary/aromatic N) is 3. The van der Waals surface area contributed by atoms with Gasteiger partial charge in [-0.3, -0.25) is 4.79 Å². The van der Waals surface area contributed by atoms with Crippen LogP contribution in [0.3, 0.4) is 0 Å². The molecule has 0 atom stereocenters. The summed E-state index contributed by atoms with van der Waals surface area (Å²) in [7, 11) is 0. The first-order valence-electron chi connectivity index (χ1n) is 9.38. The predicted molar refractivity (Wildman–Crippen MR) is 99.1 cm³/mol. The Labute approximate surface area is 152 Å². The van der Waals surface area contributed by atoms with Gasteiger partial charge in [0.05, 0.1) is 5.39 Å². The van der Waals surface area contributed by atoms with Crippen molar-refractivity contribution in [3.63, 3.8) is 0 Å². The van der Waals surface area contributed by atoms with Crippen molar-refractivity contribution in [2.75, 3.05) is 19.7 Å². The number of ether oxygens (including phenoxy) is 1. The maximum absolute atomic E-state index is 12.5. The number of amides is 1. The van der Waals surface area contributed by atoms with Gasteiger partial charge in [0.1, 0.15) is 11.2 Å². The van der Waals surface area contributed by atoms with Crippen LogP contribution in [0.25, 0.3) is 10.2 Å². The van der Waals surface area contributed by atoms with Crippen LogP contribution in [0.4, 0.5) is 0 Å². The molecule has 0 aromatic carbocycles. The fraction of sp³-hybridized carbons (Fsp3) is 0.632. The topological polar surface area (TPSA) is 55.3 Å². The standard InChI is InChI=1S/C19H25N3O2S/c1-13-7-9-22(10-8-13)16(23)11-24-18-17-14-5-3-2-4-6-15(14)25-19(17)21-12-20-18/h12-13H,2-11H2,1H3. The van der Waals surface area contributed by atoms with Crippen molar-refractivity contribution in [2.45, 2.75) is 51.9 Å². The molecule has 0 saturated carbocycles. The summed E-state index contributed by atoms with van der Waals surface area (Å²) in [6, 6.07) is 0. The van der Waals surface area contributed by atoms with Crippen LogP contribution in [0.15, 0.2) is 6.33 Å². The first-order valence-corrected chi connectivity index (χ1v) is 10.2. The predicted octanol–water partition coefficient (Wildman–Crippen LogP) is 3.60. The van der Waals surface area contributed by atoms with Gasteiger partial charge in [-0.1, -0.05) is 13.3 Å². The third kappa shape index (κ3) is 3.50. The monoisotopic (exact) mass is 359 g/mol. The van der Waals surface area contributed by atoms with Gasteiger partial charge in [-0.25, -0.2) is 9.97 Å². The Hall–Kier alpha value is -1.69. The van der Waals surface area contributed by atoms with Crippen molar-refractivity contribution in [3.8, 4) is 5.88 Å². The van der Waals surface area contributed by atoms with Crippen LogP contribution in [0.5, 0.6) is 5.88 Å². The smallest absolute Gasteiger partial charge is 0.260 e. The fourth-order valence-electron chi connectivity index (χ4n) is 3.83. The lowest BCUT2D eigenvalue weighted by atomic mass is 9.99. The molecule has 2 aromatic heterocycles. The van der Waals surface area contributed by atoms with Crippen LogP contribution in [0.1, 0.15) is 49.5 Å².